The Bertz CT molecular complexity index is 535. The molecule has 2 atom stereocenters. The lowest BCUT2D eigenvalue weighted by Gasteiger charge is -2.15. The van der Waals surface area contributed by atoms with Crippen LogP contribution in [-0.4, -0.2) is 22.0 Å². The molecule has 1 aromatic rings. The Morgan fingerprint density at radius 2 is 2.00 bits per heavy atom. The quantitative estimate of drug-likeness (QED) is 0.807. The first kappa shape index (κ1) is 14.2. The van der Waals surface area contributed by atoms with Crippen LogP contribution < -0.4 is 0 Å². The molecule has 0 saturated heterocycles. The number of nitrogens with zero attached hydrogens (tertiary/aromatic N) is 1. The van der Waals surface area contributed by atoms with E-state index in [1.54, 1.807) is 0 Å². The summed E-state index contributed by atoms with van der Waals surface area (Å²) in [5, 5.41) is 26.0. The molecule has 0 heterocycles. The predicted octanol–water partition coefficient (Wildman–Crippen LogP) is 1.55. The van der Waals surface area contributed by atoms with Crippen molar-refractivity contribution in [1.29, 1.82) is 5.26 Å². The van der Waals surface area contributed by atoms with Crippen LogP contribution in [0.3, 0.4) is 0 Å². The van der Waals surface area contributed by atoms with Gasteiger partial charge in [0.2, 0.25) is 0 Å². The molecule has 0 amide bonds. The van der Waals surface area contributed by atoms with Gasteiger partial charge in [-0.05, 0) is 30.2 Å². The van der Waals surface area contributed by atoms with E-state index in [0.29, 0.717) is 0 Å². The van der Waals surface area contributed by atoms with Crippen LogP contribution in [0.15, 0.2) is 18.2 Å². The number of halogens is 1. The van der Waals surface area contributed by atoms with E-state index in [1.165, 1.54) is 25.1 Å². The van der Waals surface area contributed by atoms with Crippen LogP contribution in [0.25, 0.3) is 0 Å². The van der Waals surface area contributed by atoms with E-state index in [9.17, 15) is 14.7 Å². The predicted molar refractivity (Wildman–Crippen MR) is 63.0 cm³/mol. The monoisotopic (exact) mass is 267 g/mol. The number of hydrogen-bond donors (Lipinski definition) is 2. The number of nitriles is 1. The summed E-state index contributed by atoms with van der Waals surface area (Å²) in [6.45, 7) is 1.26. The molecular weight excluding hydrogens is 258 g/mol. The summed E-state index contributed by atoms with van der Waals surface area (Å²) in [5.74, 6) is -1.85. The zero-order chi connectivity index (χ0) is 13.9. The molecule has 5 nitrogen and oxygen atoms in total. The van der Waals surface area contributed by atoms with Gasteiger partial charge in [0.05, 0.1) is 11.6 Å². The zero-order valence-electron chi connectivity index (χ0n) is 9.42. The number of aliphatic carboxylic acids is 1. The van der Waals surface area contributed by atoms with Crippen LogP contribution in [0.2, 0.25) is 0 Å². The SMILES string of the molecule is CC(=O)C(Cl)c1ccc(C#N)cc1C(O)C(=O)O. The Morgan fingerprint density at radius 1 is 1.39 bits per heavy atom. The van der Waals surface area contributed by atoms with Gasteiger partial charge in [0.25, 0.3) is 0 Å². The third-order valence-electron chi connectivity index (χ3n) is 2.37. The van der Waals surface area contributed by atoms with Crippen LogP contribution in [0.5, 0.6) is 0 Å². The van der Waals surface area contributed by atoms with Crippen molar-refractivity contribution in [3.63, 3.8) is 0 Å². The van der Waals surface area contributed by atoms with E-state index in [4.69, 9.17) is 22.0 Å². The average molecular weight is 268 g/mol. The van der Waals surface area contributed by atoms with E-state index < -0.39 is 17.5 Å². The third kappa shape index (κ3) is 2.86. The summed E-state index contributed by atoms with van der Waals surface area (Å²) in [6, 6.07) is 5.82. The minimum atomic E-state index is -1.83. The first-order valence-electron chi connectivity index (χ1n) is 4.97. The number of aliphatic hydroxyl groups is 1. The summed E-state index contributed by atoms with van der Waals surface area (Å²) in [4.78, 5) is 22.0. The van der Waals surface area contributed by atoms with Gasteiger partial charge in [0.1, 0.15) is 5.38 Å². The van der Waals surface area contributed by atoms with E-state index >= 15 is 0 Å². The minimum Gasteiger partial charge on any atom is -0.479 e. The summed E-state index contributed by atoms with van der Waals surface area (Å²) >= 11 is 5.85. The zero-order valence-corrected chi connectivity index (χ0v) is 10.2. The van der Waals surface area contributed by atoms with Crippen molar-refractivity contribution in [3.8, 4) is 6.07 Å². The summed E-state index contributed by atoms with van der Waals surface area (Å²) < 4.78 is 0. The van der Waals surface area contributed by atoms with Gasteiger partial charge in [-0.25, -0.2) is 4.79 Å². The van der Waals surface area contributed by atoms with Crippen LogP contribution >= 0.6 is 11.6 Å². The highest BCUT2D eigenvalue weighted by atomic mass is 35.5. The lowest BCUT2D eigenvalue weighted by atomic mass is 9.96. The molecule has 0 aromatic heterocycles. The Hall–Kier alpha value is -1.90. The normalized spacial score (nSPS) is 13.4. The third-order valence-corrected chi connectivity index (χ3v) is 2.92. The van der Waals surface area contributed by atoms with Crippen molar-refractivity contribution in [2.24, 2.45) is 0 Å². The Balaban J connectivity index is 3.38. The Kier molecular flexibility index (Phi) is 4.43. The molecule has 1 rings (SSSR count). The molecule has 2 N–H and O–H groups in total. The maximum Gasteiger partial charge on any atom is 0.337 e. The molecule has 94 valence electrons. The number of hydrogen-bond acceptors (Lipinski definition) is 4. The molecule has 18 heavy (non-hydrogen) atoms. The lowest BCUT2D eigenvalue weighted by molar-refractivity contribution is -0.147. The van der Waals surface area contributed by atoms with Crippen molar-refractivity contribution in [2.75, 3.05) is 0 Å². The summed E-state index contributed by atoms with van der Waals surface area (Å²) in [7, 11) is 0. The Labute approximate surface area is 108 Å². The van der Waals surface area contributed by atoms with E-state index in [-0.39, 0.29) is 22.5 Å². The fourth-order valence-corrected chi connectivity index (χ4v) is 1.66. The van der Waals surface area contributed by atoms with Crippen molar-refractivity contribution in [3.05, 3.63) is 34.9 Å². The highest BCUT2D eigenvalue weighted by Crippen LogP contribution is 2.30. The van der Waals surface area contributed by atoms with Crippen LogP contribution in [0.4, 0.5) is 0 Å². The van der Waals surface area contributed by atoms with Crippen molar-refractivity contribution >= 4 is 23.4 Å². The second-order valence-electron chi connectivity index (χ2n) is 3.67. The first-order chi connectivity index (χ1) is 8.38. The molecule has 0 bridgehead atoms. The number of rotatable bonds is 4. The molecular formula is C12H10ClNO4. The standard InChI is InChI=1S/C12H10ClNO4/c1-6(15)10(13)8-3-2-7(5-14)4-9(8)11(16)12(17)18/h2-4,10-11,16H,1H3,(H,17,18). The molecule has 0 aliphatic rings. The number of ketones is 1. The number of carbonyl (C=O) groups is 2. The molecule has 0 fully saturated rings. The molecule has 0 aliphatic carbocycles. The van der Waals surface area contributed by atoms with E-state index in [0.717, 1.165) is 0 Å². The van der Waals surface area contributed by atoms with E-state index in [1.807, 2.05) is 6.07 Å². The fraction of sp³-hybridized carbons (Fsp3) is 0.250. The summed E-state index contributed by atoms with van der Waals surface area (Å²) in [6.07, 6.45) is -1.83. The van der Waals surface area contributed by atoms with Gasteiger partial charge < -0.3 is 10.2 Å². The minimum absolute atomic E-state index is 0.0447. The number of carbonyl (C=O) groups excluding carboxylic acids is 1. The van der Waals surface area contributed by atoms with Gasteiger partial charge in [0, 0.05) is 0 Å². The molecule has 0 spiro atoms. The van der Waals surface area contributed by atoms with Crippen molar-refractivity contribution in [2.45, 2.75) is 18.4 Å². The Morgan fingerprint density at radius 3 is 2.44 bits per heavy atom. The van der Waals surface area contributed by atoms with Gasteiger partial charge >= 0.3 is 5.97 Å². The van der Waals surface area contributed by atoms with E-state index in [2.05, 4.69) is 0 Å². The van der Waals surface area contributed by atoms with Gasteiger partial charge in [0.15, 0.2) is 11.9 Å². The highest BCUT2D eigenvalue weighted by molar-refractivity contribution is 6.31. The summed E-state index contributed by atoms with van der Waals surface area (Å²) in [5.41, 5.74) is 0.330. The number of benzene rings is 1. The number of alkyl halides is 1. The second-order valence-corrected chi connectivity index (χ2v) is 4.11. The number of carboxylic acids is 1. The molecule has 0 radical (unpaired) electrons. The van der Waals surface area contributed by atoms with Crippen LogP contribution in [0, 0.1) is 11.3 Å². The second kappa shape index (κ2) is 5.63. The molecule has 0 aliphatic heterocycles. The topological polar surface area (TPSA) is 98.4 Å². The number of Topliss-reactive ketones (excluding diaryl/α,β-unsaturated/α-hetero) is 1. The smallest absolute Gasteiger partial charge is 0.337 e. The number of carboxylic acid groups (broad SMARTS) is 1. The van der Waals surface area contributed by atoms with Gasteiger partial charge in [-0.2, -0.15) is 5.26 Å². The van der Waals surface area contributed by atoms with Gasteiger partial charge in [-0.1, -0.05) is 6.07 Å². The maximum absolute atomic E-state index is 11.2. The highest BCUT2D eigenvalue weighted by Gasteiger charge is 2.25. The molecule has 6 heteroatoms. The molecule has 1 aromatic carbocycles. The number of aliphatic hydroxyl groups excluding tert-OH is 1. The average Bonchev–Trinajstić information content (AvgIpc) is 2.35. The fourth-order valence-electron chi connectivity index (χ4n) is 1.46. The van der Waals surface area contributed by atoms with Crippen molar-refractivity contribution < 1.29 is 19.8 Å². The maximum atomic E-state index is 11.2. The van der Waals surface area contributed by atoms with Gasteiger partial charge in [-0.3, -0.25) is 4.79 Å². The van der Waals surface area contributed by atoms with Crippen LogP contribution in [0.1, 0.15) is 35.1 Å². The molecule has 2 unspecified atom stereocenters. The largest absolute Gasteiger partial charge is 0.479 e. The van der Waals surface area contributed by atoms with Gasteiger partial charge in [-0.15, -0.1) is 11.6 Å². The van der Waals surface area contributed by atoms with Crippen LogP contribution in [-0.2, 0) is 9.59 Å². The molecule has 0 saturated carbocycles. The lowest BCUT2D eigenvalue weighted by Crippen LogP contribution is -2.15. The first-order valence-corrected chi connectivity index (χ1v) is 5.41. The van der Waals surface area contributed by atoms with Crippen molar-refractivity contribution in [1.82, 2.24) is 0 Å².